The third kappa shape index (κ3) is 4.03. The van der Waals surface area contributed by atoms with Crippen LogP contribution in [-0.2, 0) is 7.05 Å². The van der Waals surface area contributed by atoms with Crippen molar-refractivity contribution in [1.82, 2.24) is 19.4 Å². The molecule has 2 saturated heterocycles. The zero-order chi connectivity index (χ0) is 26.0. The quantitative estimate of drug-likeness (QED) is 0.332. The van der Waals surface area contributed by atoms with E-state index in [0.29, 0.717) is 45.4 Å². The van der Waals surface area contributed by atoms with Crippen molar-refractivity contribution in [1.29, 1.82) is 0 Å². The summed E-state index contributed by atoms with van der Waals surface area (Å²) in [6, 6.07) is 10.6. The fourth-order valence-corrected chi connectivity index (χ4v) is 6.16. The van der Waals surface area contributed by atoms with Crippen LogP contribution in [0.1, 0.15) is 26.7 Å². The molecule has 6 rings (SSSR count). The molecule has 194 valence electrons. The van der Waals surface area contributed by atoms with Crippen LogP contribution in [0.15, 0.2) is 36.5 Å². The largest absolute Gasteiger partial charge is 0.353 e. The van der Waals surface area contributed by atoms with Gasteiger partial charge in [0.2, 0.25) is 5.95 Å². The van der Waals surface area contributed by atoms with Gasteiger partial charge in [-0.25, -0.2) is 9.37 Å². The highest BCUT2D eigenvalue weighted by molar-refractivity contribution is 6.35. The molecule has 0 unspecified atom stereocenters. The third-order valence-corrected chi connectivity index (χ3v) is 8.58. The van der Waals surface area contributed by atoms with E-state index < -0.39 is 0 Å². The minimum Gasteiger partial charge on any atom is -0.353 e. The summed E-state index contributed by atoms with van der Waals surface area (Å²) in [6.07, 6.45) is 4.26. The number of benzene rings is 2. The molecule has 37 heavy (non-hydrogen) atoms. The van der Waals surface area contributed by atoms with Gasteiger partial charge >= 0.3 is 0 Å². The Balaban J connectivity index is 1.57. The van der Waals surface area contributed by atoms with E-state index in [1.54, 1.807) is 0 Å². The van der Waals surface area contributed by atoms with Crippen LogP contribution in [0, 0.1) is 11.7 Å². The molecule has 2 atom stereocenters. The summed E-state index contributed by atoms with van der Waals surface area (Å²) in [7, 11) is 6.15. The maximum absolute atomic E-state index is 16.6. The van der Waals surface area contributed by atoms with Gasteiger partial charge in [0.15, 0.2) is 5.82 Å². The average Bonchev–Trinajstić information content (AvgIpc) is 3.21. The Kier molecular flexibility index (Phi) is 6.03. The first-order chi connectivity index (χ1) is 17.7. The molecule has 2 aliphatic rings. The van der Waals surface area contributed by atoms with E-state index in [2.05, 4.69) is 42.6 Å². The first kappa shape index (κ1) is 24.4. The molecule has 4 heterocycles. The predicted molar refractivity (Wildman–Crippen MR) is 151 cm³/mol. The highest BCUT2D eigenvalue weighted by Gasteiger charge is 2.33. The van der Waals surface area contributed by atoms with E-state index in [1.165, 1.54) is 6.42 Å². The molecule has 6 nitrogen and oxygen atoms in total. The Morgan fingerprint density at radius 2 is 1.84 bits per heavy atom. The van der Waals surface area contributed by atoms with Crippen LogP contribution in [0.4, 0.5) is 16.2 Å². The van der Waals surface area contributed by atoms with Crippen LogP contribution in [0.2, 0.25) is 5.02 Å². The van der Waals surface area contributed by atoms with Gasteiger partial charge in [0.1, 0.15) is 11.3 Å². The smallest absolute Gasteiger partial charge is 0.228 e. The summed E-state index contributed by atoms with van der Waals surface area (Å²) in [5.74, 6) is 1.54. The van der Waals surface area contributed by atoms with Crippen LogP contribution < -0.4 is 9.80 Å². The Morgan fingerprint density at radius 1 is 1.05 bits per heavy atom. The lowest BCUT2D eigenvalue weighted by Crippen LogP contribution is -2.58. The lowest BCUT2D eigenvalue weighted by atomic mass is 9.94. The molecular weight excluding hydrogens is 487 g/mol. The van der Waals surface area contributed by atoms with Crippen LogP contribution in [0.3, 0.4) is 0 Å². The highest BCUT2D eigenvalue weighted by Crippen LogP contribution is 2.42. The van der Waals surface area contributed by atoms with Gasteiger partial charge in [0.25, 0.3) is 0 Å². The molecule has 2 fully saturated rings. The number of rotatable bonds is 4. The molecule has 4 aromatic rings. The number of piperidine rings is 1. The number of aryl methyl sites for hydroxylation is 1. The number of aromatic nitrogens is 3. The van der Waals surface area contributed by atoms with Gasteiger partial charge < -0.3 is 19.3 Å². The molecule has 0 spiro atoms. The van der Waals surface area contributed by atoms with E-state index in [-0.39, 0.29) is 5.82 Å². The maximum atomic E-state index is 16.6. The zero-order valence-electron chi connectivity index (χ0n) is 22.2. The second-order valence-electron chi connectivity index (χ2n) is 11.2. The average molecular weight is 521 g/mol. The standard InChI is InChI=1S/C29H34ClFN6/c1-17-9-10-18(2)37(14-17)28-22-13-23(30)24(21-8-6-7-19-11-12-35(5)27(19)21)25(31)26(22)32-29(33-28)36-15-20(16-36)34(3)4/h6-8,11-13,17-18,20H,9-10,14-16H2,1-5H3/t17-,18-/m0/s1. The Labute approximate surface area is 222 Å². The lowest BCUT2D eigenvalue weighted by Gasteiger charge is -2.43. The number of hydrogen-bond acceptors (Lipinski definition) is 5. The van der Waals surface area contributed by atoms with Gasteiger partial charge in [0, 0.05) is 66.9 Å². The van der Waals surface area contributed by atoms with Crippen molar-refractivity contribution in [3.05, 3.63) is 47.4 Å². The van der Waals surface area contributed by atoms with Crippen molar-refractivity contribution in [2.24, 2.45) is 13.0 Å². The Bertz CT molecular complexity index is 1490. The van der Waals surface area contributed by atoms with Crippen molar-refractivity contribution in [2.45, 2.75) is 38.8 Å². The molecule has 0 saturated carbocycles. The molecule has 2 aliphatic heterocycles. The number of hydrogen-bond donors (Lipinski definition) is 0. The minimum atomic E-state index is -0.386. The van der Waals surface area contributed by atoms with Gasteiger partial charge in [-0.1, -0.05) is 36.7 Å². The van der Waals surface area contributed by atoms with Crippen molar-refractivity contribution in [2.75, 3.05) is 43.5 Å². The molecule has 0 aliphatic carbocycles. The number of likely N-dealkylation sites (N-methyl/N-ethyl adjacent to an activating group) is 1. The fourth-order valence-electron chi connectivity index (χ4n) is 5.86. The van der Waals surface area contributed by atoms with E-state index in [1.807, 2.05) is 48.1 Å². The van der Waals surface area contributed by atoms with Crippen LogP contribution in [0.5, 0.6) is 0 Å². The maximum Gasteiger partial charge on any atom is 0.228 e. The summed E-state index contributed by atoms with van der Waals surface area (Å²) in [6.45, 7) is 7.04. The second kappa shape index (κ2) is 9.14. The van der Waals surface area contributed by atoms with Gasteiger partial charge in [-0.15, -0.1) is 0 Å². The lowest BCUT2D eigenvalue weighted by molar-refractivity contribution is 0.245. The molecule has 0 N–H and O–H groups in total. The summed E-state index contributed by atoms with van der Waals surface area (Å²) >= 11 is 6.89. The van der Waals surface area contributed by atoms with E-state index in [4.69, 9.17) is 21.6 Å². The zero-order valence-corrected chi connectivity index (χ0v) is 22.9. The second-order valence-corrected chi connectivity index (χ2v) is 11.6. The van der Waals surface area contributed by atoms with Crippen molar-refractivity contribution < 1.29 is 4.39 Å². The number of para-hydroxylation sites is 1. The topological polar surface area (TPSA) is 40.4 Å². The van der Waals surface area contributed by atoms with Crippen molar-refractivity contribution >= 4 is 45.2 Å². The van der Waals surface area contributed by atoms with E-state index in [9.17, 15) is 0 Å². The predicted octanol–water partition coefficient (Wildman–Crippen LogP) is 5.96. The molecule has 0 amide bonds. The van der Waals surface area contributed by atoms with Crippen molar-refractivity contribution in [3.63, 3.8) is 0 Å². The SMILES string of the molecule is C[C@H]1CC[C@H](C)N(c2nc(N3CC(N(C)C)C3)nc3c(F)c(-c4cccc5ccn(C)c45)c(Cl)cc23)C1. The molecule has 0 bridgehead atoms. The molecular formula is C29H34ClFN6. The Morgan fingerprint density at radius 3 is 2.59 bits per heavy atom. The summed E-state index contributed by atoms with van der Waals surface area (Å²) in [4.78, 5) is 16.6. The van der Waals surface area contributed by atoms with E-state index >= 15 is 4.39 Å². The third-order valence-electron chi connectivity index (χ3n) is 8.28. The minimum absolute atomic E-state index is 0.312. The van der Waals surface area contributed by atoms with Crippen molar-refractivity contribution in [3.8, 4) is 11.1 Å². The van der Waals surface area contributed by atoms with Gasteiger partial charge in [-0.3, -0.25) is 0 Å². The molecule has 0 radical (unpaired) electrons. The highest BCUT2D eigenvalue weighted by atomic mass is 35.5. The van der Waals surface area contributed by atoms with Crippen LogP contribution in [0.25, 0.3) is 32.9 Å². The first-order valence-electron chi connectivity index (χ1n) is 13.1. The fraction of sp³-hybridized carbons (Fsp3) is 0.448. The van der Waals surface area contributed by atoms with Crippen LogP contribution >= 0.6 is 11.6 Å². The normalized spacial score (nSPS) is 20.9. The number of anilines is 2. The van der Waals surface area contributed by atoms with Gasteiger partial charge in [-0.05, 0) is 51.9 Å². The summed E-state index contributed by atoms with van der Waals surface area (Å²) in [5.41, 5.74) is 2.45. The molecule has 8 heteroatoms. The number of halogens is 2. The molecule has 2 aromatic carbocycles. The number of nitrogens with zero attached hydrogens (tertiary/aromatic N) is 6. The summed E-state index contributed by atoms with van der Waals surface area (Å²) < 4.78 is 18.7. The van der Waals surface area contributed by atoms with Crippen LogP contribution in [-0.4, -0.2) is 65.2 Å². The monoisotopic (exact) mass is 520 g/mol. The van der Waals surface area contributed by atoms with E-state index in [0.717, 1.165) is 48.3 Å². The van der Waals surface area contributed by atoms with Gasteiger partial charge in [0.05, 0.1) is 10.5 Å². The number of fused-ring (bicyclic) bond motifs is 2. The van der Waals surface area contributed by atoms with Gasteiger partial charge in [-0.2, -0.15) is 4.98 Å². The first-order valence-corrected chi connectivity index (χ1v) is 13.5. The Hall–Kier alpha value is -2.90. The molecule has 2 aromatic heterocycles. The summed E-state index contributed by atoms with van der Waals surface area (Å²) in [5, 5.41) is 2.11.